The molecular weight excluding hydrogens is 228 g/mol. The molecule has 0 aromatic heterocycles. The largest absolute Gasteiger partial charge is 0.479 e. The summed E-state index contributed by atoms with van der Waals surface area (Å²) in [6.07, 6.45) is 3.49. The van der Waals surface area contributed by atoms with E-state index < -0.39 is 11.6 Å². The molecule has 1 N–H and O–H groups in total. The molecule has 1 saturated carbocycles. The maximum Gasteiger partial charge on any atom is 0.336 e. The second-order valence-electron chi connectivity index (χ2n) is 4.84. The molecular formula is C15H20O3. The van der Waals surface area contributed by atoms with Gasteiger partial charge in [-0.3, -0.25) is 0 Å². The minimum atomic E-state index is -1.03. The number of carboxylic acids is 1. The van der Waals surface area contributed by atoms with Crippen molar-refractivity contribution >= 4 is 5.97 Å². The molecule has 0 heterocycles. The fourth-order valence-electron chi connectivity index (χ4n) is 3.01. The lowest BCUT2D eigenvalue weighted by Crippen LogP contribution is -2.49. The van der Waals surface area contributed by atoms with E-state index in [-0.39, 0.29) is 5.92 Å². The molecule has 3 heteroatoms. The number of hydrogen-bond acceptors (Lipinski definition) is 2. The summed E-state index contributed by atoms with van der Waals surface area (Å²) in [5, 5.41) is 9.63. The minimum absolute atomic E-state index is 0.0371. The maximum atomic E-state index is 11.7. The van der Waals surface area contributed by atoms with E-state index in [0.717, 1.165) is 24.8 Å². The molecule has 1 aromatic rings. The average Bonchev–Trinajstić information content (AvgIpc) is 2.40. The van der Waals surface area contributed by atoms with Gasteiger partial charge in [0.05, 0.1) is 0 Å². The van der Waals surface area contributed by atoms with E-state index in [2.05, 4.69) is 0 Å². The topological polar surface area (TPSA) is 46.5 Å². The lowest BCUT2D eigenvalue weighted by Gasteiger charge is -2.40. The Morgan fingerprint density at radius 1 is 1.39 bits per heavy atom. The molecule has 0 radical (unpaired) electrons. The van der Waals surface area contributed by atoms with Crippen molar-refractivity contribution in [1.82, 2.24) is 0 Å². The number of ether oxygens (including phenoxy) is 1. The van der Waals surface area contributed by atoms with Crippen molar-refractivity contribution in [2.45, 2.75) is 44.1 Å². The van der Waals surface area contributed by atoms with Crippen molar-refractivity contribution < 1.29 is 14.6 Å². The zero-order valence-corrected chi connectivity index (χ0v) is 10.8. The zero-order valence-electron chi connectivity index (χ0n) is 10.8. The number of benzene rings is 1. The first-order valence-corrected chi connectivity index (χ1v) is 6.63. The molecule has 98 valence electrons. The van der Waals surface area contributed by atoms with Crippen molar-refractivity contribution in [3.8, 4) is 0 Å². The van der Waals surface area contributed by atoms with Crippen molar-refractivity contribution in [2.24, 2.45) is 0 Å². The molecule has 1 fully saturated rings. The predicted molar refractivity (Wildman–Crippen MR) is 69.6 cm³/mol. The standard InChI is InChI=1S/C15H20O3/c1-2-18-15(14(16)17)11-7-6-10-13(15)12-8-4-3-5-9-12/h3-5,8-9,13H,2,6-7,10-11H2,1H3,(H,16,17). The lowest BCUT2D eigenvalue weighted by atomic mass is 9.71. The summed E-state index contributed by atoms with van der Waals surface area (Å²) in [5.74, 6) is -0.859. The predicted octanol–water partition coefficient (Wildman–Crippen LogP) is 3.20. The van der Waals surface area contributed by atoms with Gasteiger partial charge < -0.3 is 9.84 Å². The van der Waals surface area contributed by atoms with Gasteiger partial charge in [0.15, 0.2) is 5.60 Å². The molecule has 0 amide bonds. The van der Waals surface area contributed by atoms with Crippen LogP contribution in [-0.2, 0) is 9.53 Å². The number of carboxylic acid groups (broad SMARTS) is 1. The van der Waals surface area contributed by atoms with Crippen LogP contribution in [0, 0.1) is 0 Å². The quantitative estimate of drug-likeness (QED) is 0.890. The van der Waals surface area contributed by atoms with Gasteiger partial charge in [0.25, 0.3) is 0 Å². The van der Waals surface area contributed by atoms with Crippen molar-refractivity contribution in [2.75, 3.05) is 6.61 Å². The van der Waals surface area contributed by atoms with Crippen LogP contribution in [0.25, 0.3) is 0 Å². The highest BCUT2D eigenvalue weighted by Crippen LogP contribution is 2.43. The molecule has 0 bridgehead atoms. The molecule has 1 aromatic carbocycles. The van der Waals surface area contributed by atoms with Gasteiger partial charge in [0.1, 0.15) is 0 Å². The highest BCUT2D eigenvalue weighted by molar-refractivity contribution is 5.79. The van der Waals surface area contributed by atoms with Gasteiger partial charge in [0, 0.05) is 12.5 Å². The van der Waals surface area contributed by atoms with E-state index in [4.69, 9.17) is 4.74 Å². The Labute approximate surface area is 108 Å². The summed E-state index contributed by atoms with van der Waals surface area (Å²) in [7, 11) is 0. The third kappa shape index (κ3) is 2.27. The SMILES string of the molecule is CCOC1(C(=O)O)CCCCC1c1ccccc1. The van der Waals surface area contributed by atoms with Crippen molar-refractivity contribution in [3.63, 3.8) is 0 Å². The van der Waals surface area contributed by atoms with Crippen molar-refractivity contribution in [3.05, 3.63) is 35.9 Å². The highest BCUT2D eigenvalue weighted by Gasteiger charge is 2.48. The smallest absolute Gasteiger partial charge is 0.336 e. The molecule has 2 rings (SSSR count). The Hall–Kier alpha value is -1.35. The summed E-state index contributed by atoms with van der Waals surface area (Å²) in [4.78, 5) is 11.7. The van der Waals surface area contributed by atoms with E-state index in [0.29, 0.717) is 13.0 Å². The summed E-state index contributed by atoms with van der Waals surface area (Å²) in [6.45, 7) is 2.30. The Morgan fingerprint density at radius 3 is 2.72 bits per heavy atom. The maximum absolute atomic E-state index is 11.7. The van der Waals surface area contributed by atoms with Gasteiger partial charge in [-0.25, -0.2) is 4.79 Å². The van der Waals surface area contributed by atoms with Gasteiger partial charge in [-0.15, -0.1) is 0 Å². The molecule has 2 atom stereocenters. The van der Waals surface area contributed by atoms with Gasteiger partial charge in [-0.1, -0.05) is 36.8 Å². The summed E-state index contributed by atoms with van der Waals surface area (Å²) in [5.41, 5.74) is 0.0435. The van der Waals surface area contributed by atoms with Crippen molar-refractivity contribution in [1.29, 1.82) is 0 Å². The van der Waals surface area contributed by atoms with Crippen LogP contribution in [0.4, 0.5) is 0 Å². The van der Waals surface area contributed by atoms with Crippen LogP contribution >= 0.6 is 0 Å². The van der Waals surface area contributed by atoms with Gasteiger partial charge in [0.2, 0.25) is 0 Å². The third-order valence-corrected chi connectivity index (χ3v) is 3.82. The van der Waals surface area contributed by atoms with Gasteiger partial charge in [-0.2, -0.15) is 0 Å². The Morgan fingerprint density at radius 2 is 2.11 bits per heavy atom. The van der Waals surface area contributed by atoms with E-state index in [1.165, 1.54) is 0 Å². The van der Waals surface area contributed by atoms with Crippen LogP contribution in [0.3, 0.4) is 0 Å². The van der Waals surface area contributed by atoms with E-state index in [1.54, 1.807) is 0 Å². The van der Waals surface area contributed by atoms with Crippen LogP contribution in [-0.4, -0.2) is 23.3 Å². The first-order valence-electron chi connectivity index (χ1n) is 6.63. The minimum Gasteiger partial charge on any atom is -0.479 e. The fraction of sp³-hybridized carbons (Fsp3) is 0.533. The Bertz CT molecular complexity index is 397. The summed E-state index contributed by atoms with van der Waals surface area (Å²) < 4.78 is 5.70. The van der Waals surface area contributed by atoms with Crippen LogP contribution < -0.4 is 0 Å². The van der Waals surface area contributed by atoms with Crippen LogP contribution in [0.2, 0.25) is 0 Å². The zero-order chi connectivity index (χ0) is 13.0. The Balaban J connectivity index is 2.37. The third-order valence-electron chi connectivity index (χ3n) is 3.82. The number of aliphatic carboxylic acids is 1. The lowest BCUT2D eigenvalue weighted by molar-refractivity contribution is -0.173. The van der Waals surface area contributed by atoms with Gasteiger partial charge >= 0.3 is 5.97 Å². The van der Waals surface area contributed by atoms with E-state index in [1.807, 2.05) is 37.3 Å². The first kappa shape index (κ1) is 13.1. The molecule has 18 heavy (non-hydrogen) atoms. The highest BCUT2D eigenvalue weighted by atomic mass is 16.5. The first-order chi connectivity index (χ1) is 8.70. The fourth-order valence-corrected chi connectivity index (χ4v) is 3.01. The van der Waals surface area contributed by atoms with E-state index in [9.17, 15) is 9.90 Å². The van der Waals surface area contributed by atoms with Crippen LogP contribution in [0.15, 0.2) is 30.3 Å². The molecule has 1 aliphatic rings. The molecule has 0 spiro atoms. The summed E-state index contributed by atoms with van der Waals surface area (Å²) in [6, 6.07) is 9.89. The number of hydrogen-bond donors (Lipinski definition) is 1. The number of rotatable bonds is 4. The van der Waals surface area contributed by atoms with Crippen LogP contribution in [0.1, 0.15) is 44.1 Å². The Kier molecular flexibility index (Phi) is 4.02. The second-order valence-corrected chi connectivity index (χ2v) is 4.84. The molecule has 0 saturated heterocycles. The number of carbonyl (C=O) groups is 1. The summed E-state index contributed by atoms with van der Waals surface area (Å²) >= 11 is 0. The van der Waals surface area contributed by atoms with Gasteiger partial charge in [-0.05, 0) is 31.7 Å². The average molecular weight is 248 g/mol. The molecule has 3 nitrogen and oxygen atoms in total. The molecule has 0 aliphatic heterocycles. The van der Waals surface area contributed by atoms with E-state index >= 15 is 0 Å². The van der Waals surface area contributed by atoms with Crippen LogP contribution in [0.5, 0.6) is 0 Å². The second kappa shape index (κ2) is 5.53. The normalized spacial score (nSPS) is 27.9. The molecule has 2 unspecified atom stereocenters. The molecule has 1 aliphatic carbocycles. The monoisotopic (exact) mass is 248 g/mol.